The molecule has 0 saturated heterocycles. The van der Waals surface area contributed by atoms with Crippen LogP contribution in [0.15, 0.2) is 4.79 Å². The summed E-state index contributed by atoms with van der Waals surface area (Å²) in [6.45, 7) is 16.9. The molecular weight excluding hydrogens is 222 g/mol. The Labute approximate surface area is 111 Å². The van der Waals surface area contributed by atoms with Crippen molar-refractivity contribution in [3.63, 3.8) is 0 Å². The van der Waals surface area contributed by atoms with Crippen LogP contribution in [0.1, 0.15) is 63.6 Å². The van der Waals surface area contributed by atoms with Gasteiger partial charge in [-0.2, -0.15) is 0 Å². The predicted molar refractivity (Wildman–Crippen MR) is 78.4 cm³/mol. The monoisotopic (exact) mass is 249 g/mol. The Balaban J connectivity index is 3.42. The van der Waals surface area contributed by atoms with E-state index in [0.29, 0.717) is 0 Å². The molecule has 18 heavy (non-hydrogen) atoms. The number of hydrogen-bond acceptors (Lipinski definition) is 1. The average molecular weight is 249 g/mol. The van der Waals surface area contributed by atoms with Crippen LogP contribution in [-0.4, -0.2) is 4.98 Å². The SMILES string of the molecule is Cc1[nH]c(C)c(C(C)(C)CC(C)(C)C)c(=O)c1C. The van der Waals surface area contributed by atoms with Crippen LogP contribution in [-0.2, 0) is 5.41 Å². The van der Waals surface area contributed by atoms with Crippen LogP contribution in [0.25, 0.3) is 0 Å². The fourth-order valence-electron chi connectivity index (χ4n) is 3.19. The summed E-state index contributed by atoms with van der Waals surface area (Å²) >= 11 is 0. The molecule has 1 rings (SSSR count). The molecule has 0 spiro atoms. The van der Waals surface area contributed by atoms with E-state index in [-0.39, 0.29) is 16.3 Å². The number of pyridine rings is 1. The summed E-state index contributed by atoms with van der Waals surface area (Å²) in [5, 5.41) is 0. The number of nitrogens with one attached hydrogen (secondary N) is 1. The molecule has 1 aromatic heterocycles. The molecule has 1 aromatic rings. The van der Waals surface area contributed by atoms with Gasteiger partial charge in [0.25, 0.3) is 0 Å². The highest BCUT2D eigenvalue weighted by atomic mass is 16.1. The summed E-state index contributed by atoms with van der Waals surface area (Å²) in [6.07, 6.45) is 0.992. The molecule has 0 radical (unpaired) electrons. The minimum Gasteiger partial charge on any atom is -0.362 e. The predicted octanol–water partition coefficient (Wildman–Crippen LogP) is 4.01. The number of rotatable bonds is 2. The molecule has 2 heteroatoms. The topological polar surface area (TPSA) is 32.9 Å². The third-order valence-corrected chi connectivity index (χ3v) is 3.53. The molecule has 0 aliphatic heterocycles. The molecule has 102 valence electrons. The smallest absolute Gasteiger partial charge is 0.188 e. The molecule has 1 N–H and O–H groups in total. The van der Waals surface area contributed by atoms with Crippen molar-refractivity contribution in [3.8, 4) is 0 Å². The first-order valence-electron chi connectivity index (χ1n) is 6.66. The molecule has 0 aliphatic rings. The van der Waals surface area contributed by atoms with E-state index in [4.69, 9.17) is 0 Å². The molecule has 0 amide bonds. The standard InChI is InChI=1S/C16H27NO/c1-10-11(2)17-12(3)13(14(10)18)16(7,8)9-15(4,5)6/h9H2,1-8H3,(H,17,18). The average Bonchev–Trinajstić information content (AvgIpc) is 2.09. The first-order valence-corrected chi connectivity index (χ1v) is 6.66. The summed E-state index contributed by atoms with van der Waals surface area (Å²) in [6, 6.07) is 0. The second kappa shape index (κ2) is 4.56. The Kier molecular flexibility index (Phi) is 3.81. The first-order chi connectivity index (χ1) is 7.96. The van der Waals surface area contributed by atoms with E-state index in [1.165, 1.54) is 0 Å². The minimum absolute atomic E-state index is 0.103. The van der Waals surface area contributed by atoms with Crippen molar-refractivity contribution in [2.24, 2.45) is 5.41 Å². The van der Waals surface area contributed by atoms with Gasteiger partial charge in [0.1, 0.15) is 0 Å². The zero-order chi connectivity index (χ0) is 14.3. The Hall–Kier alpha value is -1.05. The van der Waals surface area contributed by atoms with Crippen LogP contribution in [0, 0.1) is 26.2 Å². The fraction of sp³-hybridized carbons (Fsp3) is 0.688. The van der Waals surface area contributed by atoms with E-state index in [1.54, 1.807) is 0 Å². The van der Waals surface area contributed by atoms with Gasteiger partial charge in [-0.3, -0.25) is 4.79 Å². The number of H-pyrrole nitrogens is 1. The van der Waals surface area contributed by atoms with Crippen LogP contribution in [0.3, 0.4) is 0 Å². The zero-order valence-corrected chi connectivity index (χ0v) is 13.1. The first kappa shape index (κ1) is 15.0. The molecular formula is C16H27NO. The van der Waals surface area contributed by atoms with Crippen molar-refractivity contribution in [2.75, 3.05) is 0 Å². The Bertz CT molecular complexity index is 501. The summed E-state index contributed by atoms with van der Waals surface area (Å²) in [5.41, 5.74) is 4.09. The van der Waals surface area contributed by atoms with Gasteiger partial charge in [-0.1, -0.05) is 34.6 Å². The van der Waals surface area contributed by atoms with E-state index >= 15 is 0 Å². The highest BCUT2D eigenvalue weighted by molar-refractivity contribution is 5.34. The molecule has 2 nitrogen and oxygen atoms in total. The Morgan fingerprint density at radius 1 is 0.944 bits per heavy atom. The van der Waals surface area contributed by atoms with Crippen molar-refractivity contribution in [2.45, 2.75) is 67.2 Å². The van der Waals surface area contributed by atoms with Gasteiger partial charge in [0, 0.05) is 22.5 Å². The molecule has 1 heterocycles. The van der Waals surface area contributed by atoms with Crippen LogP contribution < -0.4 is 5.43 Å². The fourth-order valence-corrected chi connectivity index (χ4v) is 3.19. The maximum atomic E-state index is 12.5. The largest absolute Gasteiger partial charge is 0.362 e. The van der Waals surface area contributed by atoms with Gasteiger partial charge in [0.05, 0.1) is 0 Å². The normalized spacial score (nSPS) is 12.9. The molecule has 0 unspecified atom stereocenters. The summed E-state index contributed by atoms with van der Waals surface area (Å²) in [5.74, 6) is 0. The number of aromatic amines is 1. The minimum atomic E-state index is -0.103. The maximum Gasteiger partial charge on any atom is 0.188 e. The van der Waals surface area contributed by atoms with Gasteiger partial charge in [-0.25, -0.2) is 0 Å². The van der Waals surface area contributed by atoms with Gasteiger partial charge in [0.15, 0.2) is 5.43 Å². The van der Waals surface area contributed by atoms with Crippen molar-refractivity contribution in [1.82, 2.24) is 4.98 Å². The Morgan fingerprint density at radius 2 is 1.44 bits per heavy atom. The van der Waals surface area contributed by atoms with Gasteiger partial charge in [-0.05, 0) is 38.0 Å². The lowest BCUT2D eigenvalue weighted by Gasteiger charge is -2.33. The van der Waals surface area contributed by atoms with E-state index < -0.39 is 0 Å². The van der Waals surface area contributed by atoms with Gasteiger partial charge in [-0.15, -0.1) is 0 Å². The highest BCUT2D eigenvalue weighted by Gasteiger charge is 2.31. The van der Waals surface area contributed by atoms with Crippen molar-refractivity contribution in [3.05, 3.63) is 32.7 Å². The van der Waals surface area contributed by atoms with E-state index in [2.05, 4.69) is 39.6 Å². The molecule has 0 aromatic carbocycles. The number of aryl methyl sites for hydroxylation is 2. The number of hydrogen-bond donors (Lipinski definition) is 1. The van der Waals surface area contributed by atoms with Crippen molar-refractivity contribution < 1.29 is 0 Å². The molecule has 0 fully saturated rings. The van der Waals surface area contributed by atoms with Crippen LogP contribution in [0.2, 0.25) is 0 Å². The van der Waals surface area contributed by atoms with E-state index in [1.807, 2.05) is 20.8 Å². The second-order valence-corrected chi connectivity index (χ2v) is 7.33. The third kappa shape index (κ3) is 3.04. The van der Waals surface area contributed by atoms with Crippen molar-refractivity contribution in [1.29, 1.82) is 0 Å². The van der Waals surface area contributed by atoms with Gasteiger partial charge < -0.3 is 4.98 Å². The lowest BCUT2D eigenvalue weighted by Crippen LogP contribution is -2.33. The van der Waals surface area contributed by atoms with Crippen LogP contribution in [0.4, 0.5) is 0 Å². The summed E-state index contributed by atoms with van der Waals surface area (Å²) in [7, 11) is 0. The third-order valence-electron chi connectivity index (χ3n) is 3.53. The van der Waals surface area contributed by atoms with E-state index in [9.17, 15) is 4.79 Å². The quantitative estimate of drug-likeness (QED) is 0.844. The van der Waals surface area contributed by atoms with Gasteiger partial charge in [0.2, 0.25) is 0 Å². The lowest BCUT2D eigenvalue weighted by atomic mass is 9.71. The Morgan fingerprint density at radius 3 is 1.89 bits per heavy atom. The van der Waals surface area contributed by atoms with Crippen LogP contribution >= 0.6 is 0 Å². The second-order valence-electron chi connectivity index (χ2n) is 7.33. The van der Waals surface area contributed by atoms with E-state index in [0.717, 1.165) is 28.9 Å². The highest BCUT2D eigenvalue weighted by Crippen LogP contribution is 2.35. The van der Waals surface area contributed by atoms with Crippen LogP contribution in [0.5, 0.6) is 0 Å². The number of aromatic nitrogens is 1. The molecule has 0 aliphatic carbocycles. The zero-order valence-electron chi connectivity index (χ0n) is 13.1. The van der Waals surface area contributed by atoms with Crippen molar-refractivity contribution >= 4 is 0 Å². The van der Waals surface area contributed by atoms with Gasteiger partial charge >= 0.3 is 0 Å². The molecule has 0 bridgehead atoms. The molecule has 0 saturated carbocycles. The maximum absolute atomic E-state index is 12.5. The lowest BCUT2D eigenvalue weighted by molar-refractivity contribution is 0.282. The summed E-state index contributed by atoms with van der Waals surface area (Å²) in [4.78, 5) is 15.9. The molecule has 0 atom stereocenters. The summed E-state index contributed by atoms with van der Waals surface area (Å²) < 4.78 is 0.